The van der Waals surface area contributed by atoms with Crippen LogP contribution in [-0.4, -0.2) is 54.9 Å². The second kappa shape index (κ2) is 9.31. The number of benzene rings is 1. The van der Waals surface area contributed by atoms with Crippen molar-refractivity contribution in [1.29, 1.82) is 0 Å². The summed E-state index contributed by atoms with van der Waals surface area (Å²) >= 11 is 0. The number of carbonyl (C=O) groups is 1. The monoisotopic (exact) mass is 481 g/mol. The maximum atomic E-state index is 14.6. The first-order chi connectivity index (χ1) is 16.1. The van der Waals surface area contributed by atoms with E-state index < -0.39 is 35.3 Å². The van der Waals surface area contributed by atoms with Crippen LogP contribution in [0.15, 0.2) is 36.9 Å². The van der Waals surface area contributed by atoms with Gasteiger partial charge in [-0.1, -0.05) is 6.92 Å². The van der Waals surface area contributed by atoms with E-state index in [2.05, 4.69) is 25.5 Å². The minimum absolute atomic E-state index is 0.00988. The summed E-state index contributed by atoms with van der Waals surface area (Å²) in [5.74, 6) is -2.56. The van der Waals surface area contributed by atoms with Crippen molar-refractivity contribution in [3.63, 3.8) is 0 Å². The van der Waals surface area contributed by atoms with Crippen molar-refractivity contribution in [2.75, 3.05) is 18.4 Å². The highest BCUT2D eigenvalue weighted by Gasteiger charge is 2.35. The summed E-state index contributed by atoms with van der Waals surface area (Å²) in [5, 5.41) is 10.6. The van der Waals surface area contributed by atoms with Gasteiger partial charge in [-0.2, -0.15) is 23.4 Å². The standard InChI is InChI=1S/C21H20F5N7O/c1-12-3-2-6-32(17(12)11-29-20-27-9-13(10-28-20)21(24,25)26)19(34)15-7-14(22)8-16(23)18(15)33-30-4-5-31-33/h4-5,7-10,12,17H,2-3,6,11H2,1H3,(H,27,28,29)/t12-,17?/m1/s1. The molecule has 13 heteroatoms. The van der Waals surface area contributed by atoms with Crippen LogP contribution in [0, 0.1) is 17.6 Å². The zero-order valence-corrected chi connectivity index (χ0v) is 17.9. The van der Waals surface area contributed by atoms with Crippen molar-refractivity contribution in [3.8, 4) is 5.69 Å². The molecule has 0 spiro atoms. The van der Waals surface area contributed by atoms with Gasteiger partial charge in [0.15, 0.2) is 5.82 Å². The Morgan fingerprint density at radius 2 is 1.82 bits per heavy atom. The van der Waals surface area contributed by atoms with Gasteiger partial charge in [-0.25, -0.2) is 18.7 Å². The number of nitrogens with one attached hydrogen (secondary N) is 1. The lowest BCUT2D eigenvalue weighted by Crippen LogP contribution is -2.51. The summed E-state index contributed by atoms with van der Waals surface area (Å²) in [5.41, 5.74) is -1.49. The van der Waals surface area contributed by atoms with E-state index in [1.165, 1.54) is 17.3 Å². The second-order valence-corrected chi connectivity index (χ2v) is 7.96. The average molecular weight is 481 g/mol. The first kappa shape index (κ1) is 23.5. The number of hydrogen-bond acceptors (Lipinski definition) is 6. The van der Waals surface area contributed by atoms with E-state index in [0.29, 0.717) is 31.4 Å². The van der Waals surface area contributed by atoms with Gasteiger partial charge >= 0.3 is 6.18 Å². The molecule has 0 radical (unpaired) electrons. The molecule has 2 aromatic heterocycles. The molecule has 1 N–H and O–H groups in total. The number of halogens is 5. The Balaban J connectivity index is 1.59. The Kier molecular flexibility index (Phi) is 6.44. The molecule has 0 saturated carbocycles. The summed E-state index contributed by atoms with van der Waals surface area (Å²) in [6.45, 7) is 2.38. The molecule has 1 unspecified atom stereocenters. The van der Waals surface area contributed by atoms with E-state index in [0.717, 1.165) is 17.3 Å². The topological polar surface area (TPSA) is 88.8 Å². The van der Waals surface area contributed by atoms with Gasteiger partial charge in [0, 0.05) is 31.5 Å². The predicted molar refractivity (Wildman–Crippen MR) is 110 cm³/mol. The van der Waals surface area contributed by atoms with Crippen LogP contribution in [0.5, 0.6) is 0 Å². The third-order valence-electron chi connectivity index (χ3n) is 5.70. The number of carbonyl (C=O) groups excluding carboxylic acids is 1. The summed E-state index contributed by atoms with van der Waals surface area (Å²) in [6.07, 6.45) is 0.847. The highest BCUT2D eigenvalue weighted by Crippen LogP contribution is 2.29. The molecule has 180 valence electrons. The molecule has 0 aliphatic carbocycles. The average Bonchev–Trinajstić information content (AvgIpc) is 3.31. The van der Waals surface area contributed by atoms with Crippen LogP contribution in [0.4, 0.5) is 27.9 Å². The van der Waals surface area contributed by atoms with Crippen LogP contribution in [0.2, 0.25) is 0 Å². The molecular weight excluding hydrogens is 461 g/mol. The maximum Gasteiger partial charge on any atom is 0.419 e. The normalized spacial score (nSPS) is 18.7. The predicted octanol–water partition coefficient (Wildman–Crippen LogP) is 3.71. The third-order valence-corrected chi connectivity index (χ3v) is 5.70. The Bertz CT molecular complexity index is 1150. The van der Waals surface area contributed by atoms with Gasteiger partial charge in [-0.15, -0.1) is 4.80 Å². The molecule has 2 atom stereocenters. The van der Waals surface area contributed by atoms with Crippen molar-refractivity contribution >= 4 is 11.9 Å². The van der Waals surface area contributed by atoms with Crippen molar-refractivity contribution < 1.29 is 26.7 Å². The Labute approximate surface area is 190 Å². The quantitative estimate of drug-likeness (QED) is 0.559. The van der Waals surface area contributed by atoms with Gasteiger partial charge in [0.2, 0.25) is 5.95 Å². The van der Waals surface area contributed by atoms with Crippen molar-refractivity contribution in [2.24, 2.45) is 5.92 Å². The molecule has 1 aromatic carbocycles. The Morgan fingerprint density at radius 1 is 1.15 bits per heavy atom. The van der Waals surface area contributed by atoms with Gasteiger partial charge in [-0.3, -0.25) is 4.79 Å². The second-order valence-electron chi connectivity index (χ2n) is 7.96. The molecule has 3 aromatic rings. The molecule has 4 rings (SSSR count). The van der Waals surface area contributed by atoms with E-state index in [9.17, 15) is 26.7 Å². The minimum atomic E-state index is -4.55. The van der Waals surface area contributed by atoms with Crippen LogP contribution < -0.4 is 5.32 Å². The molecule has 0 bridgehead atoms. The van der Waals surface area contributed by atoms with E-state index in [1.54, 1.807) is 0 Å². The third kappa shape index (κ3) is 4.82. The number of likely N-dealkylation sites (tertiary alicyclic amines) is 1. The summed E-state index contributed by atoms with van der Waals surface area (Å²) < 4.78 is 66.9. The number of rotatable bonds is 5. The number of amides is 1. The maximum absolute atomic E-state index is 14.6. The number of anilines is 1. The van der Waals surface area contributed by atoms with Gasteiger partial charge < -0.3 is 10.2 Å². The van der Waals surface area contributed by atoms with E-state index >= 15 is 0 Å². The van der Waals surface area contributed by atoms with Crippen molar-refractivity contribution in [3.05, 3.63) is 59.7 Å². The fraction of sp³-hybridized carbons (Fsp3) is 0.381. The molecule has 1 fully saturated rings. The highest BCUT2D eigenvalue weighted by atomic mass is 19.4. The Hall–Kier alpha value is -3.64. The highest BCUT2D eigenvalue weighted by molar-refractivity contribution is 5.98. The number of alkyl halides is 3. The number of piperidine rings is 1. The van der Waals surface area contributed by atoms with E-state index in [-0.39, 0.29) is 29.7 Å². The fourth-order valence-electron chi connectivity index (χ4n) is 3.99. The van der Waals surface area contributed by atoms with Crippen molar-refractivity contribution in [2.45, 2.75) is 32.0 Å². The minimum Gasteiger partial charge on any atom is -0.352 e. The van der Waals surface area contributed by atoms with Crippen LogP contribution in [0.1, 0.15) is 35.7 Å². The van der Waals surface area contributed by atoms with Crippen molar-refractivity contribution in [1.82, 2.24) is 29.9 Å². The van der Waals surface area contributed by atoms with Crippen LogP contribution in [0.3, 0.4) is 0 Å². The Morgan fingerprint density at radius 3 is 2.47 bits per heavy atom. The van der Waals surface area contributed by atoms with Crippen LogP contribution >= 0.6 is 0 Å². The SMILES string of the molecule is C[C@@H]1CCCN(C(=O)c2cc(F)cc(F)c2-n2nccn2)C1CNc1ncc(C(F)(F)F)cn1. The lowest BCUT2D eigenvalue weighted by atomic mass is 9.90. The van der Waals surface area contributed by atoms with Gasteiger partial charge in [0.1, 0.15) is 11.5 Å². The van der Waals surface area contributed by atoms with Crippen LogP contribution in [0.25, 0.3) is 5.69 Å². The van der Waals surface area contributed by atoms with Gasteiger partial charge in [0.25, 0.3) is 5.91 Å². The zero-order chi connectivity index (χ0) is 24.5. The molecule has 34 heavy (non-hydrogen) atoms. The molecule has 8 nitrogen and oxygen atoms in total. The van der Waals surface area contributed by atoms with Gasteiger partial charge in [0.05, 0.1) is 29.6 Å². The number of hydrogen-bond donors (Lipinski definition) is 1. The molecular formula is C21H20F5N7O. The zero-order valence-electron chi connectivity index (χ0n) is 17.9. The number of aromatic nitrogens is 5. The summed E-state index contributed by atoms with van der Waals surface area (Å²) in [6, 6.07) is 1.15. The molecule has 1 amide bonds. The summed E-state index contributed by atoms with van der Waals surface area (Å²) in [4.78, 5) is 23.3. The molecule has 3 heterocycles. The molecule has 1 saturated heterocycles. The molecule has 1 aliphatic heterocycles. The lowest BCUT2D eigenvalue weighted by molar-refractivity contribution is -0.138. The fourth-order valence-corrected chi connectivity index (χ4v) is 3.99. The van der Waals surface area contributed by atoms with Crippen LogP contribution in [-0.2, 0) is 6.18 Å². The lowest BCUT2D eigenvalue weighted by Gasteiger charge is -2.40. The largest absolute Gasteiger partial charge is 0.419 e. The van der Waals surface area contributed by atoms with Gasteiger partial charge in [-0.05, 0) is 24.8 Å². The number of nitrogens with zero attached hydrogens (tertiary/aromatic N) is 6. The molecule has 1 aliphatic rings. The summed E-state index contributed by atoms with van der Waals surface area (Å²) in [7, 11) is 0. The first-order valence-corrected chi connectivity index (χ1v) is 10.4. The first-order valence-electron chi connectivity index (χ1n) is 10.4. The van der Waals surface area contributed by atoms with E-state index in [4.69, 9.17) is 0 Å². The van der Waals surface area contributed by atoms with E-state index in [1.807, 2.05) is 6.92 Å². The smallest absolute Gasteiger partial charge is 0.352 e.